The summed E-state index contributed by atoms with van der Waals surface area (Å²) in [5.74, 6) is 2.70. The number of rotatable bonds is 1. The van der Waals surface area contributed by atoms with Crippen LogP contribution in [0.15, 0.2) is 29.2 Å². The van der Waals surface area contributed by atoms with Gasteiger partial charge in [0.15, 0.2) is 0 Å². The van der Waals surface area contributed by atoms with Gasteiger partial charge in [-0.15, -0.1) is 0 Å². The minimum Gasteiger partial charge on any atom is -0.210 e. The highest BCUT2D eigenvalue weighted by atomic mass is 35.5. The van der Waals surface area contributed by atoms with E-state index in [4.69, 9.17) is 11.6 Å². The van der Waals surface area contributed by atoms with E-state index >= 15 is 0 Å². The van der Waals surface area contributed by atoms with E-state index in [1.807, 2.05) is 20.8 Å². The Morgan fingerprint density at radius 1 is 1.12 bits per heavy atom. The number of hydrogen-bond donors (Lipinski definition) is 0. The SMILES string of the molecule is CC(C)(C)C#CS(=O)(=O)c1ccc(Cl)cc1. The van der Waals surface area contributed by atoms with Gasteiger partial charge in [0, 0.05) is 15.7 Å². The monoisotopic (exact) mass is 256 g/mol. The lowest BCUT2D eigenvalue weighted by molar-refractivity contribution is 0.570. The minimum absolute atomic E-state index is 0.175. The molecule has 0 aliphatic heterocycles. The summed E-state index contributed by atoms with van der Waals surface area (Å²) in [6.07, 6.45) is 0. The number of sulfone groups is 1. The predicted octanol–water partition coefficient (Wildman–Crippen LogP) is 3.12. The van der Waals surface area contributed by atoms with E-state index in [9.17, 15) is 8.42 Å². The Hall–Kier alpha value is -0.980. The Kier molecular flexibility index (Phi) is 3.67. The molecule has 0 aliphatic rings. The lowest BCUT2D eigenvalue weighted by Crippen LogP contribution is -2.03. The van der Waals surface area contributed by atoms with Crippen molar-refractivity contribution < 1.29 is 8.42 Å². The van der Waals surface area contributed by atoms with Gasteiger partial charge in [-0.2, -0.15) is 0 Å². The fourth-order valence-electron chi connectivity index (χ4n) is 0.893. The molecule has 0 N–H and O–H groups in total. The summed E-state index contributed by atoms with van der Waals surface area (Å²) in [7, 11) is -3.53. The third-order valence-corrected chi connectivity index (χ3v) is 3.20. The van der Waals surface area contributed by atoms with Crippen LogP contribution < -0.4 is 0 Å². The highest BCUT2D eigenvalue weighted by Gasteiger charge is 2.12. The zero-order valence-corrected chi connectivity index (χ0v) is 11.0. The van der Waals surface area contributed by atoms with Gasteiger partial charge < -0.3 is 0 Å². The maximum absolute atomic E-state index is 11.8. The Bertz CT molecular complexity index is 525. The molecule has 86 valence electrons. The van der Waals surface area contributed by atoms with Crippen molar-refractivity contribution in [2.24, 2.45) is 5.41 Å². The van der Waals surface area contributed by atoms with Crippen LogP contribution in [-0.4, -0.2) is 8.42 Å². The van der Waals surface area contributed by atoms with Crippen molar-refractivity contribution in [1.82, 2.24) is 0 Å². The smallest absolute Gasteiger partial charge is 0.210 e. The third-order valence-electron chi connectivity index (χ3n) is 1.68. The van der Waals surface area contributed by atoms with Crippen molar-refractivity contribution in [3.63, 3.8) is 0 Å². The number of hydrogen-bond acceptors (Lipinski definition) is 2. The van der Waals surface area contributed by atoms with Crippen LogP contribution in [0.5, 0.6) is 0 Å². The van der Waals surface area contributed by atoms with Gasteiger partial charge in [-0.3, -0.25) is 0 Å². The summed E-state index contributed by atoms with van der Waals surface area (Å²) in [6, 6.07) is 5.98. The Morgan fingerprint density at radius 3 is 2.06 bits per heavy atom. The Morgan fingerprint density at radius 2 is 1.62 bits per heavy atom. The van der Waals surface area contributed by atoms with E-state index in [0.717, 1.165) is 0 Å². The molecule has 0 heterocycles. The highest BCUT2D eigenvalue weighted by Crippen LogP contribution is 2.16. The van der Waals surface area contributed by atoms with Gasteiger partial charge in [-0.1, -0.05) is 17.5 Å². The topological polar surface area (TPSA) is 34.1 Å². The van der Waals surface area contributed by atoms with Crippen LogP contribution in [0.3, 0.4) is 0 Å². The van der Waals surface area contributed by atoms with Crippen LogP contribution in [0, 0.1) is 16.6 Å². The summed E-state index contributed by atoms with van der Waals surface area (Å²) in [6.45, 7) is 5.58. The quantitative estimate of drug-likeness (QED) is 0.572. The molecule has 0 fully saturated rings. The first kappa shape index (κ1) is 13.1. The lowest BCUT2D eigenvalue weighted by atomic mass is 9.99. The Balaban J connectivity index is 3.12. The van der Waals surface area contributed by atoms with Gasteiger partial charge in [0.1, 0.15) is 0 Å². The normalized spacial score (nSPS) is 11.8. The fraction of sp³-hybridized carbons (Fsp3) is 0.333. The standard InChI is InChI=1S/C12H13ClO2S/c1-12(2,3)8-9-16(14,15)11-6-4-10(13)5-7-11/h4-7H,1-3H3. The van der Waals surface area contributed by atoms with Crippen LogP contribution in [0.1, 0.15) is 20.8 Å². The van der Waals surface area contributed by atoms with Crippen molar-refractivity contribution in [3.8, 4) is 11.2 Å². The molecule has 0 aliphatic carbocycles. The maximum atomic E-state index is 11.8. The third kappa shape index (κ3) is 3.88. The van der Waals surface area contributed by atoms with Gasteiger partial charge in [-0.05, 0) is 45.0 Å². The molecule has 0 aromatic heterocycles. The summed E-state index contributed by atoms with van der Waals surface area (Å²) >= 11 is 5.68. The van der Waals surface area contributed by atoms with E-state index in [1.54, 1.807) is 0 Å². The highest BCUT2D eigenvalue weighted by molar-refractivity contribution is 7.96. The van der Waals surface area contributed by atoms with E-state index in [1.165, 1.54) is 24.3 Å². The van der Waals surface area contributed by atoms with Crippen LogP contribution >= 0.6 is 11.6 Å². The van der Waals surface area contributed by atoms with Crippen LogP contribution in [0.4, 0.5) is 0 Å². The van der Waals surface area contributed by atoms with Crippen molar-refractivity contribution in [2.75, 3.05) is 0 Å². The zero-order valence-electron chi connectivity index (χ0n) is 9.41. The second kappa shape index (κ2) is 4.48. The molecule has 4 heteroatoms. The largest absolute Gasteiger partial charge is 0.245 e. The maximum Gasteiger partial charge on any atom is 0.245 e. The fourth-order valence-corrected chi connectivity index (χ4v) is 2.07. The van der Waals surface area contributed by atoms with Crippen molar-refractivity contribution >= 4 is 21.4 Å². The first-order valence-electron chi connectivity index (χ1n) is 4.75. The predicted molar refractivity (Wildman–Crippen MR) is 65.9 cm³/mol. The summed E-state index contributed by atoms with van der Waals surface area (Å²) in [4.78, 5) is 0.175. The molecule has 0 spiro atoms. The van der Waals surface area contributed by atoms with Crippen molar-refractivity contribution in [3.05, 3.63) is 29.3 Å². The lowest BCUT2D eigenvalue weighted by Gasteiger charge is -2.06. The molecule has 1 aromatic carbocycles. The molecule has 0 saturated carbocycles. The molecule has 16 heavy (non-hydrogen) atoms. The molecule has 1 aromatic rings. The molecule has 0 radical (unpaired) electrons. The first-order chi connectivity index (χ1) is 7.21. The second-order valence-electron chi connectivity index (χ2n) is 4.43. The van der Waals surface area contributed by atoms with E-state index < -0.39 is 9.84 Å². The summed E-state index contributed by atoms with van der Waals surface area (Å²) < 4.78 is 23.5. The van der Waals surface area contributed by atoms with Gasteiger partial charge in [0.05, 0.1) is 4.90 Å². The molecule has 1 rings (SSSR count). The molecule has 0 amide bonds. The van der Waals surface area contributed by atoms with Crippen molar-refractivity contribution in [1.29, 1.82) is 0 Å². The van der Waals surface area contributed by atoms with Gasteiger partial charge in [0.2, 0.25) is 9.84 Å². The molecular weight excluding hydrogens is 244 g/mol. The van der Waals surface area contributed by atoms with Gasteiger partial charge >= 0.3 is 0 Å². The van der Waals surface area contributed by atoms with Crippen LogP contribution in [0.2, 0.25) is 5.02 Å². The average Bonchev–Trinajstić information content (AvgIpc) is 2.15. The van der Waals surface area contributed by atoms with Crippen LogP contribution in [-0.2, 0) is 9.84 Å². The number of benzene rings is 1. The second-order valence-corrected chi connectivity index (χ2v) is 6.55. The molecular formula is C12H13ClO2S. The Labute approximate surface area is 102 Å². The average molecular weight is 257 g/mol. The van der Waals surface area contributed by atoms with E-state index in [2.05, 4.69) is 11.2 Å². The van der Waals surface area contributed by atoms with Gasteiger partial charge in [0.25, 0.3) is 0 Å². The zero-order chi connectivity index (χ0) is 12.4. The molecule has 0 bridgehead atoms. The molecule has 0 atom stereocenters. The molecule has 2 nitrogen and oxygen atoms in total. The van der Waals surface area contributed by atoms with Gasteiger partial charge in [-0.25, -0.2) is 8.42 Å². The minimum atomic E-state index is -3.53. The van der Waals surface area contributed by atoms with Crippen LogP contribution in [0.25, 0.3) is 0 Å². The molecule has 0 unspecified atom stereocenters. The van der Waals surface area contributed by atoms with E-state index in [-0.39, 0.29) is 10.3 Å². The summed E-state index contributed by atoms with van der Waals surface area (Å²) in [5.41, 5.74) is -0.334. The van der Waals surface area contributed by atoms with E-state index in [0.29, 0.717) is 5.02 Å². The number of halogens is 1. The van der Waals surface area contributed by atoms with Crippen molar-refractivity contribution in [2.45, 2.75) is 25.7 Å². The molecule has 0 saturated heterocycles. The summed E-state index contributed by atoms with van der Waals surface area (Å²) in [5, 5.41) is 2.82. The first-order valence-corrected chi connectivity index (χ1v) is 6.61.